The molecule has 0 radical (unpaired) electrons. The van der Waals surface area contributed by atoms with Crippen LogP contribution in [0.25, 0.3) is 6.08 Å². The molecule has 0 aliphatic carbocycles. The number of nitriles is 1. The van der Waals surface area contributed by atoms with E-state index in [0.29, 0.717) is 21.2 Å². The first-order valence-electron chi connectivity index (χ1n) is 10.1. The molecule has 0 saturated carbocycles. The molecule has 36 heavy (non-hydrogen) atoms. The van der Waals surface area contributed by atoms with Gasteiger partial charge in [-0.2, -0.15) is 18.4 Å². The molecule has 0 saturated heterocycles. The number of hydrogen-bond donors (Lipinski definition) is 1. The summed E-state index contributed by atoms with van der Waals surface area (Å²) in [6.45, 7) is 0.0596. The van der Waals surface area contributed by atoms with E-state index in [2.05, 4.69) is 5.32 Å². The van der Waals surface area contributed by atoms with E-state index < -0.39 is 17.6 Å². The van der Waals surface area contributed by atoms with Crippen LogP contribution in [0.15, 0.2) is 60.2 Å². The number of anilines is 1. The van der Waals surface area contributed by atoms with Gasteiger partial charge < -0.3 is 14.8 Å². The first-order valence-corrected chi connectivity index (χ1v) is 11.2. The van der Waals surface area contributed by atoms with E-state index in [1.807, 2.05) is 0 Å². The van der Waals surface area contributed by atoms with Crippen molar-refractivity contribution < 1.29 is 27.4 Å². The smallest absolute Gasteiger partial charge is 0.416 e. The van der Waals surface area contributed by atoms with Gasteiger partial charge in [0, 0.05) is 21.3 Å². The molecule has 3 aromatic carbocycles. The maximum absolute atomic E-state index is 12.9. The van der Waals surface area contributed by atoms with Crippen LogP contribution in [0.2, 0.25) is 15.1 Å². The summed E-state index contributed by atoms with van der Waals surface area (Å²) in [4.78, 5) is 12.5. The SMILES string of the molecule is COc1cc(/C=C(\C#N)C(=O)Nc2cccc(C(F)(F)F)c2)cc(Cl)c1OCc1ccc(Cl)cc1Cl. The van der Waals surface area contributed by atoms with Crippen molar-refractivity contribution in [1.29, 1.82) is 5.26 Å². The standard InChI is InChI=1S/C25H16Cl3F3N2O3/c1-35-22-9-14(8-21(28)23(22)36-13-15-5-6-18(26)11-20(15)27)7-16(12-32)24(34)33-19-4-2-3-17(10-19)25(29,30)31/h2-11H,13H2,1H3,(H,33,34)/b16-7+. The van der Waals surface area contributed by atoms with Crippen LogP contribution in [-0.2, 0) is 17.6 Å². The van der Waals surface area contributed by atoms with Gasteiger partial charge in [-0.3, -0.25) is 4.79 Å². The molecule has 0 aliphatic rings. The van der Waals surface area contributed by atoms with E-state index in [0.717, 1.165) is 18.2 Å². The lowest BCUT2D eigenvalue weighted by molar-refractivity contribution is -0.137. The third-order valence-electron chi connectivity index (χ3n) is 4.76. The quantitative estimate of drug-likeness (QED) is 0.238. The lowest BCUT2D eigenvalue weighted by atomic mass is 10.1. The summed E-state index contributed by atoms with van der Waals surface area (Å²) in [5.74, 6) is -0.478. The van der Waals surface area contributed by atoms with Gasteiger partial charge in [0.15, 0.2) is 11.5 Å². The number of carbonyl (C=O) groups excluding carboxylic acids is 1. The zero-order chi connectivity index (χ0) is 26.5. The number of alkyl halides is 3. The normalized spacial score (nSPS) is 11.6. The summed E-state index contributed by atoms with van der Waals surface area (Å²) < 4.78 is 49.9. The highest BCUT2D eigenvalue weighted by Crippen LogP contribution is 2.38. The molecule has 186 valence electrons. The lowest BCUT2D eigenvalue weighted by Gasteiger charge is -2.14. The molecule has 0 bridgehead atoms. The van der Waals surface area contributed by atoms with E-state index in [4.69, 9.17) is 44.3 Å². The van der Waals surface area contributed by atoms with Crippen LogP contribution in [0.5, 0.6) is 11.5 Å². The third kappa shape index (κ3) is 6.85. The molecule has 11 heteroatoms. The fourth-order valence-corrected chi connectivity index (χ4v) is 3.78. The molecule has 5 nitrogen and oxygen atoms in total. The van der Waals surface area contributed by atoms with E-state index in [1.165, 1.54) is 31.4 Å². The van der Waals surface area contributed by atoms with E-state index >= 15 is 0 Å². The van der Waals surface area contributed by atoms with Crippen molar-refractivity contribution in [2.45, 2.75) is 12.8 Å². The number of amides is 1. The molecule has 3 aromatic rings. The van der Waals surface area contributed by atoms with Gasteiger partial charge in [0.2, 0.25) is 0 Å². The number of nitrogens with zero attached hydrogens (tertiary/aromatic N) is 1. The van der Waals surface area contributed by atoms with Crippen molar-refractivity contribution in [2.75, 3.05) is 12.4 Å². The Balaban J connectivity index is 1.82. The van der Waals surface area contributed by atoms with Gasteiger partial charge in [0.25, 0.3) is 5.91 Å². The van der Waals surface area contributed by atoms with E-state index in [9.17, 15) is 23.2 Å². The van der Waals surface area contributed by atoms with Crippen LogP contribution in [0, 0.1) is 11.3 Å². The Morgan fingerprint density at radius 3 is 2.47 bits per heavy atom. The fourth-order valence-electron chi connectivity index (χ4n) is 3.04. The highest BCUT2D eigenvalue weighted by molar-refractivity contribution is 6.35. The average molecular weight is 556 g/mol. The van der Waals surface area contributed by atoms with Gasteiger partial charge in [-0.25, -0.2) is 0 Å². The van der Waals surface area contributed by atoms with Gasteiger partial charge in [-0.05, 0) is 54.1 Å². The first-order chi connectivity index (χ1) is 17.0. The molecular weight excluding hydrogens is 540 g/mol. The van der Waals surface area contributed by atoms with Crippen molar-refractivity contribution in [3.8, 4) is 17.6 Å². The highest BCUT2D eigenvalue weighted by atomic mass is 35.5. The van der Waals surface area contributed by atoms with Gasteiger partial charge in [-0.1, -0.05) is 46.9 Å². The predicted molar refractivity (Wildman–Crippen MR) is 132 cm³/mol. The minimum Gasteiger partial charge on any atom is -0.493 e. The van der Waals surface area contributed by atoms with Crippen molar-refractivity contribution in [2.24, 2.45) is 0 Å². The fraction of sp³-hybridized carbons (Fsp3) is 0.120. The van der Waals surface area contributed by atoms with Crippen LogP contribution in [0.4, 0.5) is 18.9 Å². The highest BCUT2D eigenvalue weighted by Gasteiger charge is 2.30. The lowest BCUT2D eigenvalue weighted by Crippen LogP contribution is -2.14. The zero-order valence-corrected chi connectivity index (χ0v) is 20.7. The summed E-state index contributed by atoms with van der Waals surface area (Å²) in [5, 5.41) is 12.7. The molecule has 0 atom stereocenters. The Hall–Kier alpha value is -3.38. The first kappa shape index (κ1) is 27.2. The van der Waals surface area contributed by atoms with Crippen LogP contribution >= 0.6 is 34.8 Å². The number of hydrogen-bond acceptors (Lipinski definition) is 4. The number of ether oxygens (including phenoxy) is 2. The Labute approximate surface area is 219 Å². The molecule has 1 amide bonds. The Morgan fingerprint density at radius 2 is 1.83 bits per heavy atom. The van der Waals surface area contributed by atoms with Crippen LogP contribution in [-0.4, -0.2) is 13.0 Å². The Morgan fingerprint density at radius 1 is 1.08 bits per heavy atom. The summed E-state index contributed by atoms with van der Waals surface area (Å²) >= 11 is 18.4. The van der Waals surface area contributed by atoms with E-state index in [1.54, 1.807) is 24.3 Å². The number of nitrogens with one attached hydrogen (secondary N) is 1. The molecular formula is C25H16Cl3F3N2O3. The van der Waals surface area contributed by atoms with Gasteiger partial charge >= 0.3 is 6.18 Å². The summed E-state index contributed by atoms with van der Waals surface area (Å²) in [7, 11) is 1.38. The van der Waals surface area contributed by atoms with Gasteiger partial charge in [0.1, 0.15) is 18.2 Å². The summed E-state index contributed by atoms with van der Waals surface area (Å²) in [6.07, 6.45) is -3.36. The number of halogens is 6. The Kier molecular flexibility index (Phi) is 8.75. The van der Waals surface area contributed by atoms with Crippen LogP contribution in [0.1, 0.15) is 16.7 Å². The number of benzene rings is 3. The van der Waals surface area contributed by atoms with Crippen molar-refractivity contribution in [1.82, 2.24) is 0 Å². The number of methoxy groups -OCH3 is 1. The van der Waals surface area contributed by atoms with Crippen molar-refractivity contribution in [3.05, 3.63) is 91.9 Å². The van der Waals surface area contributed by atoms with Gasteiger partial charge in [0.05, 0.1) is 17.7 Å². The maximum Gasteiger partial charge on any atom is 0.416 e. The minimum absolute atomic E-state index is 0.0596. The summed E-state index contributed by atoms with van der Waals surface area (Å²) in [5.41, 5.74) is -0.441. The molecule has 0 fully saturated rings. The second-order valence-corrected chi connectivity index (χ2v) is 8.51. The van der Waals surface area contributed by atoms with Crippen LogP contribution < -0.4 is 14.8 Å². The molecule has 3 rings (SSSR count). The van der Waals surface area contributed by atoms with Gasteiger partial charge in [-0.15, -0.1) is 0 Å². The largest absolute Gasteiger partial charge is 0.493 e. The Bertz CT molecular complexity index is 1370. The van der Waals surface area contributed by atoms with Crippen molar-refractivity contribution in [3.63, 3.8) is 0 Å². The van der Waals surface area contributed by atoms with E-state index in [-0.39, 0.29) is 34.4 Å². The second-order valence-electron chi connectivity index (χ2n) is 7.26. The maximum atomic E-state index is 12.9. The predicted octanol–water partition coefficient (Wildman–Crippen LogP) is 7.80. The average Bonchev–Trinajstić information content (AvgIpc) is 2.82. The molecule has 0 heterocycles. The number of rotatable bonds is 7. The molecule has 0 spiro atoms. The van der Waals surface area contributed by atoms with Crippen molar-refractivity contribution >= 4 is 52.5 Å². The molecule has 1 N–H and O–H groups in total. The topological polar surface area (TPSA) is 71.3 Å². The zero-order valence-electron chi connectivity index (χ0n) is 18.4. The molecule has 0 unspecified atom stereocenters. The minimum atomic E-state index is -4.58. The summed E-state index contributed by atoms with van der Waals surface area (Å²) in [6, 6.07) is 13.7. The third-order valence-corrected chi connectivity index (χ3v) is 5.63. The molecule has 0 aromatic heterocycles. The monoisotopic (exact) mass is 554 g/mol. The molecule has 0 aliphatic heterocycles. The second kappa shape index (κ2) is 11.6. The van der Waals surface area contributed by atoms with Crippen LogP contribution in [0.3, 0.4) is 0 Å². The number of carbonyl (C=O) groups is 1.